The Morgan fingerprint density at radius 2 is 1.68 bits per heavy atom. The maximum Gasteiger partial charge on any atom is 0.195 e. The van der Waals surface area contributed by atoms with Crippen LogP contribution in [0.15, 0.2) is 0 Å². The van der Waals surface area contributed by atoms with Gasteiger partial charge in [-0.1, -0.05) is 0 Å². The number of methoxy groups -OCH3 is 3. The van der Waals surface area contributed by atoms with Crippen molar-refractivity contribution in [1.29, 1.82) is 0 Å². The van der Waals surface area contributed by atoms with Crippen LogP contribution in [0.3, 0.4) is 0 Å². The van der Waals surface area contributed by atoms with E-state index in [1.807, 2.05) is 7.11 Å². The van der Waals surface area contributed by atoms with E-state index in [9.17, 15) is 0 Å². The van der Waals surface area contributed by atoms with Gasteiger partial charge in [-0.3, -0.25) is 0 Å². The third-order valence-electron chi connectivity index (χ3n) is 5.32. The molecule has 7 unspecified atom stereocenters. The third kappa shape index (κ3) is 2.32. The molecule has 0 aromatic heterocycles. The summed E-state index contributed by atoms with van der Waals surface area (Å²) in [6, 6.07) is 0.528. The summed E-state index contributed by atoms with van der Waals surface area (Å²) >= 11 is 0. The van der Waals surface area contributed by atoms with Crippen LogP contribution >= 0.6 is 0 Å². The fraction of sp³-hybridized carbons (Fsp3) is 1.00. The summed E-state index contributed by atoms with van der Waals surface area (Å²) in [6.45, 7) is 0.868. The highest BCUT2D eigenvalue weighted by Gasteiger charge is 2.54. The second-order valence-corrected chi connectivity index (χ2v) is 6.03. The SMILES string of the molecule is COC1CC2[NH2+]C3OCCC3C(OC)C2CC1OC. The smallest absolute Gasteiger partial charge is 0.195 e. The van der Waals surface area contributed by atoms with E-state index in [1.165, 1.54) is 0 Å². The molecule has 0 spiro atoms. The first-order valence-electron chi connectivity index (χ1n) is 7.33. The summed E-state index contributed by atoms with van der Waals surface area (Å²) in [4.78, 5) is 0. The Kier molecular flexibility index (Phi) is 4.10. The van der Waals surface area contributed by atoms with Crippen molar-refractivity contribution in [2.24, 2.45) is 11.8 Å². The van der Waals surface area contributed by atoms with Crippen molar-refractivity contribution in [3.8, 4) is 0 Å². The highest BCUT2D eigenvalue weighted by Crippen LogP contribution is 2.38. The molecule has 3 rings (SSSR count). The van der Waals surface area contributed by atoms with Gasteiger partial charge < -0.3 is 24.3 Å². The van der Waals surface area contributed by atoms with Gasteiger partial charge in [-0.2, -0.15) is 0 Å². The van der Waals surface area contributed by atoms with Crippen LogP contribution in [0.4, 0.5) is 0 Å². The maximum absolute atomic E-state index is 5.85. The molecule has 2 N–H and O–H groups in total. The first-order valence-corrected chi connectivity index (χ1v) is 7.33. The van der Waals surface area contributed by atoms with E-state index in [2.05, 4.69) is 5.32 Å². The molecule has 2 saturated heterocycles. The topological polar surface area (TPSA) is 53.5 Å². The fourth-order valence-corrected chi connectivity index (χ4v) is 4.37. The van der Waals surface area contributed by atoms with Gasteiger partial charge in [0.2, 0.25) is 0 Å². The average molecular weight is 272 g/mol. The number of rotatable bonds is 3. The predicted molar refractivity (Wildman–Crippen MR) is 68.7 cm³/mol. The van der Waals surface area contributed by atoms with Gasteiger partial charge in [0.25, 0.3) is 0 Å². The molecule has 2 aliphatic heterocycles. The molecule has 0 aromatic carbocycles. The van der Waals surface area contributed by atoms with Crippen molar-refractivity contribution in [2.45, 2.75) is 49.8 Å². The Balaban J connectivity index is 1.78. The summed E-state index contributed by atoms with van der Waals surface area (Å²) in [7, 11) is 5.40. The number of quaternary nitrogens is 1. The number of hydrogen-bond donors (Lipinski definition) is 1. The molecule has 5 nitrogen and oxygen atoms in total. The van der Waals surface area contributed by atoms with Crippen LogP contribution in [-0.2, 0) is 18.9 Å². The van der Waals surface area contributed by atoms with Gasteiger partial charge in [0.1, 0.15) is 0 Å². The zero-order valence-corrected chi connectivity index (χ0v) is 12.1. The number of piperidine rings is 1. The normalized spacial score (nSPS) is 49.7. The van der Waals surface area contributed by atoms with E-state index in [0.29, 0.717) is 24.0 Å². The van der Waals surface area contributed by atoms with E-state index < -0.39 is 0 Å². The lowest BCUT2D eigenvalue weighted by Gasteiger charge is -2.47. The highest BCUT2D eigenvalue weighted by molar-refractivity contribution is 4.96. The van der Waals surface area contributed by atoms with Gasteiger partial charge in [0, 0.05) is 33.7 Å². The van der Waals surface area contributed by atoms with E-state index in [1.54, 1.807) is 14.2 Å². The van der Waals surface area contributed by atoms with Gasteiger partial charge in [-0.05, 0) is 12.8 Å². The third-order valence-corrected chi connectivity index (χ3v) is 5.32. The van der Waals surface area contributed by atoms with Crippen molar-refractivity contribution >= 4 is 0 Å². The van der Waals surface area contributed by atoms with Crippen molar-refractivity contribution in [2.75, 3.05) is 27.9 Å². The number of nitrogens with two attached hydrogens (primary N) is 1. The lowest BCUT2D eigenvalue weighted by molar-refractivity contribution is -0.778. The summed E-state index contributed by atoms with van der Waals surface area (Å²) in [5.41, 5.74) is 0. The lowest BCUT2D eigenvalue weighted by Crippen LogP contribution is -3.01. The molecule has 19 heavy (non-hydrogen) atoms. The van der Waals surface area contributed by atoms with Crippen LogP contribution in [0.1, 0.15) is 19.3 Å². The van der Waals surface area contributed by atoms with Gasteiger partial charge >= 0.3 is 0 Å². The zero-order valence-electron chi connectivity index (χ0n) is 12.1. The Hall–Kier alpha value is -0.200. The molecule has 1 saturated carbocycles. The number of fused-ring (bicyclic) bond motifs is 2. The summed E-state index contributed by atoms with van der Waals surface area (Å²) in [5, 5.41) is 2.41. The monoisotopic (exact) mass is 272 g/mol. The minimum Gasteiger partial charge on any atom is -0.380 e. The van der Waals surface area contributed by atoms with Gasteiger partial charge in [0.15, 0.2) is 6.23 Å². The molecule has 110 valence electrons. The molecule has 3 aliphatic rings. The van der Waals surface area contributed by atoms with Crippen LogP contribution in [0.25, 0.3) is 0 Å². The van der Waals surface area contributed by atoms with E-state index in [-0.39, 0.29) is 18.4 Å². The number of ether oxygens (including phenoxy) is 4. The van der Waals surface area contributed by atoms with Gasteiger partial charge in [-0.15, -0.1) is 0 Å². The van der Waals surface area contributed by atoms with E-state index >= 15 is 0 Å². The minimum atomic E-state index is 0.191. The highest BCUT2D eigenvalue weighted by atomic mass is 16.5. The first-order chi connectivity index (χ1) is 9.28. The molecule has 0 aromatic rings. The molecule has 7 atom stereocenters. The first kappa shape index (κ1) is 13.8. The summed E-state index contributed by atoms with van der Waals surface area (Å²) in [5.74, 6) is 1.08. The van der Waals surface area contributed by atoms with E-state index in [4.69, 9.17) is 18.9 Å². The van der Waals surface area contributed by atoms with Crippen LogP contribution < -0.4 is 5.32 Å². The summed E-state index contributed by atoms with van der Waals surface area (Å²) in [6.07, 6.45) is 4.13. The Morgan fingerprint density at radius 3 is 2.37 bits per heavy atom. The average Bonchev–Trinajstić information content (AvgIpc) is 2.90. The Morgan fingerprint density at radius 1 is 0.947 bits per heavy atom. The quantitative estimate of drug-likeness (QED) is 0.770. The zero-order chi connectivity index (χ0) is 13.4. The molecule has 1 aliphatic carbocycles. The molecule has 5 heteroatoms. The molecular formula is C14H26NO4+. The maximum atomic E-state index is 5.85. The molecule has 3 fully saturated rings. The number of hydrogen-bond acceptors (Lipinski definition) is 4. The molecular weight excluding hydrogens is 246 g/mol. The largest absolute Gasteiger partial charge is 0.380 e. The molecule has 0 radical (unpaired) electrons. The Bertz CT molecular complexity index is 314. The summed E-state index contributed by atoms with van der Waals surface area (Å²) < 4.78 is 22.9. The fourth-order valence-electron chi connectivity index (χ4n) is 4.37. The van der Waals surface area contributed by atoms with Crippen LogP contribution in [0, 0.1) is 11.8 Å². The molecule has 2 heterocycles. The van der Waals surface area contributed by atoms with Crippen molar-refractivity contribution in [3.63, 3.8) is 0 Å². The van der Waals surface area contributed by atoms with Gasteiger partial charge in [0.05, 0.1) is 36.9 Å². The minimum absolute atomic E-state index is 0.191. The van der Waals surface area contributed by atoms with E-state index in [0.717, 1.165) is 25.9 Å². The predicted octanol–water partition coefficient (Wildman–Crippen LogP) is -0.250. The molecule has 0 amide bonds. The van der Waals surface area contributed by atoms with Crippen molar-refractivity contribution < 1.29 is 24.3 Å². The Labute approximate surface area is 114 Å². The van der Waals surface area contributed by atoms with Crippen molar-refractivity contribution in [1.82, 2.24) is 0 Å². The van der Waals surface area contributed by atoms with Crippen LogP contribution in [0.5, 0.6) is 0 Å². The van der Waals surface area contributed by atoms with Crippen LogP contribution in [0.2, 0.25) is 0 Å². The second-order valence-electron chi connectivity index (χ2n) is 6.03. The van der Waals surface area contributed by atoms with Crippen molar-refractivity contribution in [3.05, 3.63) is 0 Å². The lowest BCUT2D eigenvalue weighted by atomic mass is 9.71. The van der Waals surface area contributed by atoms with Gasteiger partial charge in [-0.25, -0.2) is 0 Å². The second kappa shape index (κ2) is 5.66. The molecule has 0 bridgehead atoms. The van der Waals surface area contributed by atoms with Crippen LogP contribution in [-0.4, -0.2) is 58.5 Å². The standard InChI is InChI=1S/C14H25NO4/c1-16-11-6-9-10(7-12(11)17-2)15-14-8(4-5-19-14)13(9)18-3/h8-15H,4-7H2,1-3H3/p+1.